The number of benzene rings is 1. The predicted molar refractivity (Wildman–Crippen MR) is 85.2 cm³/mol. The molecule has 0 aliphatic heterocycles. The van der Waals surface area contributed by atoms with Gasteiger partial charge in [-0.1, -0.05) is 22.9 Å². The van der Waals surface area contributed by atoms with Crippen LogP contribution in [0.25, 0.3) is 5.69 Å². The van der Waals surface area contributed by atoms with E-state index in [0.717, 1.165) is 10.2 Å². The van der Waals surface area contributed by atoms with Gasteiger partial charge in [0.15, 0.2) is 0 Å². The van der Waals surface area contributed by atoms with Crippen LogP contribution in [0.2, 0.25) is 0 Å². The summed E-state index contributed by atoms with van der Waals surface area (Å²) in [5, 5.41) is 15.7. The van der Waals surface area contributed by atoms with Gasteiger partial charge in [-0.3, -0.25) is 4.79 Å². The molecule has 1 amide bonds. The van der Waals surface area contributed by atoms with Crippen LogP contribution in [0.1, 0.15) is 29.4 Å². The van der Waals surface area contributed by atoms with Crippen LogP contribution in [0.5, 0.6) is 0 Å². The highest BCUT2D eigenvalue weighted by atomic mass is 79.9. The second-order valence-electron chi connectivity index (χ2n) is 4.80. The van der Waals surface area contributed by atoms with Crippen molar-refractivity contribution in [3.63, 3.8) is 0 Å². The van der Waals surface area contributed by atoms with E-state index in [1.807, 2.05) is 24.3 Å². The first-order valence-electron chi connectivity index (χ1n) is 6.78. The highest BCUT2D eigenvalue weighted by molar-refractivity contribution is 9.10. The van der Waals surface area contributed by atoms with Crippen LogP contribution >= 0.6 is 15.9 Å². The molecule has 1 aromatic carbocycles. The van der Waals surface area contributed by atoms with E-state index in [4.69, 9.17) is 5.11 Å². The van der Waals surface area contributed by atoms with Gasteiger partial charge in [0, 0.05) is 4.47 Å². The van der Waals surface area contributed by atoms with Crippen LogP contribution in [-0.4, -0.2) is 32.8 Å². The molecule has 2 aromatic rings. The quantitative estimate of drug-likeness (QED) is 0.852. The molecular formula is C15H16BrN3O3. The van der Waals surface area contributed by atoms with Crippen molar-refractivity contribution in [2.75, 3.05) is 0 Å². The lowest BCUT2D eigenvalue weighted by Crippen LogP contribution is -2.40. The smallest absolute Gasteiger partial charge is 0.326 e. The summed E-state index contributed by atoms with van der Waals surface area (Å²) in [6.45, 7) is 3.48. The third-order valence-electron chi connectivity index (χ3n) is 3.34. The molecule has 1 aromatic heterocycles. The first kappa shape index (κ1) is 16.2. The van der Waals surface area contributed by atoms with E-state index in [1.165, 1.54) is 6.20 Å². The number of amides is 1. The Morgan fingerprint density at radius 2 is 2.00 bits per heavy atom. The molecule has 2 N–H and O–H groups in total. The van der Waals surface area contributed by atoms with Crippen LogP contribution in [0.3, 0.4) is 0 Å². The monoisotopic (exact) mass is 365 g/mol. The van der Waals surface area contributed by atoms with E-state index in [-0.39, 0.29) is 0 Å². The lowest BCUT2D eigenvalue weighted by atomic mass is 10.2. The van der Waals surface area contributed by atoms with Gasteiger partial charge in [-0.05, 0) is 37.6 Å². The van der Waals surface area contributed by atoms with Crippen molar-refractivity contribution in [1.29, 1.82) is 0 Å². The highest BCUT2D eigenvalue weighted by Crippen LogP contribution is 2.17. The number of nitrogens with zero attached hydrogens (tertiary/aromatic N) is 2. The van der Waals surface area contributed by atoms with E-state index in [0.29, 0.717) is 17.7 Å². The minimum absolute atomic E-state index is 0.320. The molecule has 0 fully saturated rings. The van der Waals surface area contributed by atoms with Crippen LogP contribution in [0, 0.1) is 6.92 Å². The SMILES string of the molecule is CCC(NC(=O)c1cnn(-c2ccc(Br)cc2)c1C)C(=O)O. The average molecular weight is 366 g/mol. The van der Waals surface area contributed by atoms with Gasteiger partial charge in [0.25, 0.3) is 5.91 Å². The molecule has 0 radical (unpaired) electrons. The summed E-state index contributed by atoms with van der Waals surface area (Å²) >= 11 is 3.36. The van der Waals surface area contributed by atoms with E-state index >= 15 is 0 Å². The maximum atomic E-state index is 12.2. The summed E-state index contributed by atoms with van der Waals surface area (Å²) in [4.78, 5) is 23.2. The molecule has 2 rings (SSSR count). The van der Waals surface area contributed by atoms with Gasteiger partial charge in [0.1, 0.15) is 6.04 Å². The number of nitrogens with one attached hydrogen (secondary N) is 1. The maximum absolute atomic E-state index is 12.2. The summed E-state index contributed by atoms with van der Waals surface area (Å²) < 4.78 is 2.59. The number of halogens is 1. The Balaban J connectivity index is 2.25. The molecule has 1 atom stereocenters. The van der Waals surface area contributed by atoms with Crippen molar-refractivity contribution < 1.29 is 14.7 Å². The summed E-state index contributed by atoms with van der Waals surface area (Å²) in [5.74, 6) is -1.48. The van der Waals surface area contributed by atoms with Gasteiger partial charge < -0.3 is 10.4 Å². The number of aromatic nitrogens is 2. The fourth-order valence-corrected chi connectivity index (χ4v) is 2.31. The van der Waals surface area contributed by atoms with Crippen LogP contribution in [0.15, 0.2) is 34.9 Å². The Morgan fingerprint density at radius 3 is 2.55 bits per heavy atom. The van der Waals surface area contributed by atoms with Crippen molar-refractivity contribution in [2.24, 2.45) is 0 Å². The van der Waals surface area contributed by atoms with Gasteiger partial charge in [0.2, 0.25) is 0 Å². The van der Waals surface area contributed by atoms with Crippen molar-refractivity contribution in [2.45, 2.75) is 26.3 Å². The second-order valence-corrected chi connectivity index (χ2v) is 5.72. The molecule has 0 spiro atoms. The Kier molecular flexibility index (Phi) is 4.97. The zero-order valence-electron chi connectivity index (χ0n) is 12.2. The molecule has 1 unspecified atom stereocenters. The van der Waals surface area contributed by atoms with Gasteiger partial charge in [-0.15, -0.1) is 0 Å². The third kappa shape index (κ3) is 3.36. The lowest BCUT2D eigenvalue weighted by Gasteiger charge is -2.12. The molecule has 0 aliphatic rings. The molecular weight excluding hydrogens is 350 g/mol. The molecule has 0 aliphatic carbocycles. The third-order valence-corrected chi connectivity index (χ3v) is 3.87. The molecule has 7 heteroatoms. The van der Waals surface area contributed by atoms with Gasteiger partial charge in [-0.2, -0.15) is 5.10 Å². The molecule has 6 nitrogen and oxygen atoms in total. The van der Waals surface area contributed by atoms with Crippen molar-refractivity contribution in [3.8, 4) is 5.69 Å². The van der Waals surface area contributed by atoms with Crippen LogP contribution in [0.4, 0.5) is 0 Å². The molecule has 116 valence electrons. The van der Waals surface area contributed by atoms with Gasteiger partial charge in [0.05, 0.1) is 23.1 Å². The van der Waals surface area contributed by atoms with Crippen LogP contribution < -0.4 is 5.32 Å². The zero-order valence-corrected chi connectivity index (χ0v) is 13.8. The standard InChI is InChI=1S/C15H16BrN3O3/c1-3-13(15(21)22)18-14(20)12-8-17-19(9(12)2)11-6-4-10(16)5-7-11/h4-8,13H,3H2,1-2H3,(H,18,20)(H,21,22). The average Bonchev–Trinajstić information content (AvgIpc) is 2.87. The Bertz CT molecular complexity index is 695. The Hall–Kier alpha value is -2.15. The number of carboxylic acids is 1. The number of rotatable bonds is 5. The first-order chi connectivity index (χ1) is 10.4. The number of carbonyl (C=O) groups excluding carboxylic acids is 1. The number of carboxylic acid groups (broad SMARTS) is 1. The van der Waals surface area contributed by atoms with E-state index in [9.17, 15) is 9.59 Å². The van der Waals surface area contributed by atoms with Crippen molar-refractivity contribution in [3.05, 3.63) is 46.2 Å². The number of carbonyl (C=O) groups is 2. The minimum Gasteiger partial charge on any atom is -0.480 e. The van der Waals surface area contributed by atoms with Crippen molar-refractivity contribution >= 4 is 27.8 Å². The minimum atomic E-state index is -1.05. The van der Waals surface area contributed by atoms with E-state index < -0.39 is 17.9 Å². The fourth-order valence-electron chi connectivity index (χ4n) is 2.05. The van der Waals surface area contributed by atoms with Gasteiger partial charge in [-0.25, -0.2) is 9.48 Å². The summed E-state index contributed by atoms with van der Waals surface area (Å²) in [5.41, 5.74) is 1.84. The largest absolute Gasteiger partial charge is 0.480 e. The molecule has 1 heterocycles. The Labute approximate surface area is 136 Å². The lowest BCUT2D eigenvalue weighted by molar-refractivity contribution is -0.139. The predicted octanol–water partition coefficient (Wildman–Crippen LogP) is 2.54. The summed E-state index contributed by atoms with van der Waals surface area (Å²) in [6, 6.07) is 6.61. The fraction of sp³-hybridized carbons (Fsp3) is 0.267. The highest BCUT2D eigenvalue weighted by Gasteiger charge is 2.21. The van der Waals surface area contributed by atoms with Gasteiger partial charge >= 0.3 is 5.97 Å². The van der Waals surface area contributed by atoms with E-state index in [1.54, 1.807) is 18.5 Å². The molecule has 22 heavy (non-hydrogen) atoms. The summed E-state index contributed by atoms with van der Waals surface area (Å²) in [7, 11) is 0. The van der Waals surface area contributed by atoms with Crippen LogP contribution in [-0.2, 0) is 4.79 Å². The summed E-state index contributed by atoms with van der Waals surface area (Å²) in [6.07, 6.45) is 1.77. The topological polar surface area (TPSA) is 84.2 Å². The number of hydrogen-bond donors (Lipinski definition) is 2. The normalized spacial score (nSPS) is 12.0. The Morgan fingerprint density at radius 1 is 1.36 bits per heavy atom. The maximum Gasteiger partial charge on any atom is 0.326 e. The molecule has 0 saturated carbocycles. The zero-order chi connectivity index (χ0) is 16.3. The first-order valence-corrected chi connectivity index (χ1v) is 7.57. The second kappa shape index (κ2) is 6.74. The van der Waals surface area contributed by atoms with E-state index in [2.05, 4.69) is 26.3 Å². The molecule has 0 bridgehead atoms. The van der Waals surface area contributed by atoms with Crippen molar-refractivity contribution in [1.82, 2.24) is 15.1 Å². The number of hydrogen-bond acceptors (Lipinski definition) is 3. The molecule has 0 saturated heterocycles. The number of aliphatic carboxylic acids is 1.